The van der Waals surface area contributed by atoms with E-state index in [9.17, 15) is 14.4 Å². The van der Waals surface area contributed by atoms with E-state index in [2.05, 4.69) is 27.4 Å². The first kappa shape index (κ1) is 25.4. The second kappa shape index (κ2) is 10.2. The highest BCUT2D eigenvalue weighted by Gasteiger charge is 2.53. The zero-order valence-corrected chi connectivity index (χ0v) is 19.8. The fourth-order valence-corrected chi connectivity index (χ4v) is 5.97. The first-order valence-electron chi connectivity index (χ1n) is 11.0. The van der Waals surface area contributed by atoms with Gasteiger partial charge in [0.1, 0.15) is 5.92 Å². The number of carbonyl (C=O) groups is 3. The minimum Gasteiger partial charge on any atom is -0.469 e. The van der Waals surface area contributed by atoms with Crippen LogP contribution < -0.4 is 0 Å². The molecule has 2 fully saturated rings. The second-order valence-corrected chi connectivity index (χ2v) is 9.84. The van der Waals surface area contributed by atoms with Crippen LogP contribution in [-0.4, -0.2) is 51.9 Å². The van der Waals surface area contributed by atoms with Gasteiger partial charge in [0.25, 0.3) is 0 Å². The Balaban J connectivity index is 2.28. The van der Waals surface area contributed by atoms with Gasteiger partial charge >= 0.3 is 17.9 Å². The average molecular weight is 439 g/mol. The van der Waals surface area contributed by atoms with Crippen molar-refractivity contribution in [3.8, 4) is 0 Å². The van der Waals surface area contributed by atoms with E-state index >= 15 is 0 Å². The normalized spacial score (nSPS) is 29.3. The summed E-state index contributed by atoms with van der Waals surface area (Å²) >= 11 is 0. The summed E-state index contributed by atoms with van der Waals surface area (Å²) in [7, 11) is 3.66. The summed E-state index contributed by atoms with van der Waals surface area (Å²) in [4.78, 5) is 36.8. The molecule has 2 saturated carbocycles. The molecule has 7 nitrogen and oxygen atoms in total. The summed E-state index contributed by atoms with van der Waals surface area (Å²) in [6.45, 7) is 11.5. The molecule has 0 spiro atoms. The molecule has 0 bridgehead atoms. The molecule has 2 rings (SSSR count). The zero-order chi connectivity index (χ0) is 23.4. The Hall–Kier alpha value is -1.89. The molecule has 0 aliphatic heterocycles. The highest BCUT2D eigenvalue weighted by atomic mass is 16.6. The second-order valence-electron chi connectivity index (χ2n) is 9.84. The van der Waals surface area contributed by atoms with Crippen LogP contribution in [0.15, 0.2) is 12.2 Å². The smallest absolute Gasteiger partial charge is 0.335 e. The molecule has 0 N–H and O–H groups in total. The van der Waals surface area contributed by atoms with Crippen molar-refractivity contribution in [2.75, 3.05) is 27.9 Å². The molecule has 2 aliphatic rings. The van der Waals surface area contributed by atoms with E-state index < -0.39 is 29.9 Å². The van der Waals surface area contributed by atoms with Crippen LogP contribution in [0.1, 0.15) is 59.3 Å². The van der Waals surface area contributed by atoms with Crippen LogP contribution in [0.4, 0.5) is 0 Å². The van der Waals surface area contributed by atoms with Crippen molar-refractivity contribution in [3.05, 3.63) is 12.2 Å². The fraction of sp³-hybridized carbons (Fsp3) is 0.792. The van der Waals surface area contributed by atoms with E-state index in [0.717, 1.165) is 31.3 Å². The molecule has 7 heteroatoms. The number of esters is 3. The topological polar surface area (TPSA) is 88.1 Å². The van der Waals surface area contributed by atoms with Crippen molar-refractivity contribution in [3.63, 3.8) is 0 Å². The van der Waals surface area contributed by atoms with Gasteiger partial charge in [-0.1, -0.05) is 39.3 Å². The summed E-state index contributed by atoms with van der Waals surface area (Å²) in [5.41, 5.74) is 1.34. The third-order valence-electron chi connectivity index (χ3n) is 7.68. The Bertz CT molecular complexity index is 698. The summed E-state index contributed by atoms with van der Waals surface area (Å²) < 4.78 is 20.5. The molecule has 0 heterocycles. The van der Waals surface area contributed by atoms with Crippen LogP contribution in [0.5, 0.6) is 0 Å². The third-order valence-corrected chi connectivity index (χ3v) is 7.68. The lowest BCUT2D eigenvalue weighted by Crippen LogP contribution is -2.51. The lowest BCUT2D eigenvalue weighted by Gasteiger charge is -2.58. The van der Waals surface area contributed by atoms with E-state index in [-0.39, 0.29) is 29.8 Å². The molecule has 0 amide bonds. The van der Waals surface area contributed by atoms with E-state index in [1.165, 1.54) is 27.8 Å². The average Bonchev–Trinajstić information content (AvgIpc) is 2.72. The highest BCUT2D eigenvalue weighted by Crippen LogP contribution is 2.60. The molecule has 0 saturated heterocycles. The maximum Gasteiger partial charge on any atom is 0.335 e. The van der Waals surface area contributed by atoms with Gasteiger partial charge in [-0.2, -0.15) is 0 Å². The van der Waals surface area contributed by atoms with Crippen LogP contribution in [0.2, 0.25) is 0 Å². The molecule has 0 aromatic heterocycles. The van der Waals surface area contributed by atoms with Crippen molar-refractivity contribution in [2.24, 2.45) is 28.6 Å². The maximum atomic E-state index is 12.5. The molecule has 176 valence electrons. The van der Waals surface area contributed by atoms with Gasteiger partial charge in [0, 0.05) is 5.92 Å². The summed E-state index contributed by atoms with van der Waals surface area (Å²) in [5.74, 6) is -2.63. The number of ether oxygens (including phenoxy) is 4. The molecule has 0 aromatic carbocycles. The first-order valence-corrected chi connectivity index (χ1v) is 11.0. The van der Waals surface area contributed by atoms with Crippen LogP contribution in [0, 0.1) is 28.6 Å². The van der Waals surface area contributed by atoms with Crippen molar-refractivity contribution < 1.29 is 33.3 Å². The predicted molar refractivity (Wildman–Crippen MR) is 115 cm³/mol. The predicted octanol–water partition coefficient (Wildman–Crippen LogP) is 3.70. The minimum absolute atomic E-state index is 0.000857. The number of rotatable bonds is 8. The molecule has 2 aliphatic carbocycles. The quantitative estimate of drug-likeness (QED) is 0.324. The largest absolute Gasteiger partial charge is 0.469 e. The van der Waals surface area contributed by atoms with Gasteiger partial charge in [-0.25, -0.2) is 4.79 Å². The first-order chi connectivity index (χ1) is 14.5. The minimum atomic E-state index is -1.26. The van der Waals surface area contributed by atoms with Gasteiger partial charge in [-0.15, -0.1) is 0 Å². The van der Waals surface area contributed by atoms with Gasteiger partial charge in [0.15, 0.2) is 6.10 Å². The Morgan fingerprint density at radius 1 is 1.03 bits per heavy atom. The van der Waals surface area contributed by atoms with Gasteiger partial charge in [0.2, 0.25) is 0 Å². The lowest BCUT2D eigenvalue weighted by atomic mass is 9.48. The van der Waals surface area contributed by atoms with E-state index in [1.54, 1.807) is 0 Å². The van der Waals surface area contributed by atoms with Crippen LogP contribution >= 0.6 is 0 Å². The summed E-state index contributed by atoms with van der Waals surface area (Å²) in [5, 5.41) is 0. The fourth-order valence-electron chi connectivity index (χ4n) is 5.97. The third kappa shape index (κ3) is 5.30. The Labute approximate surface area is 185 Å². The van der Waals surface area contributed by atoms with Gasteiger partial charge < -0.3 is 18.9 Å². The molecule has 31 heavy (non-hydrogen) atoms. The zero-order valence-electron chi connectivity index (χ0n) is 19.8. The monoisotopic (exact) mass is 438 g/mol. The van der Waals surface area contributed by atoms with E-state index in [1.807, 2.05) is 0 Å². The molecule has 0 unspecified atom stereocenters. The summed E-state index contributed by atoms with van der Waals surface area (Å²) in [6, 6.07) is 0. The highest BCUT2D eigenvalue weighted by molar-refractivity contribution is 5.87. The van der Waals surface area contributed by atoms with Gasteiger partial charge in [-0.05, 0) is 42.4 Å². The number of hydrogen-bond donors (Lipinski definition) is 0. The standard InChI is InChI=1S/C24H38O7/c1-15-9-10-18-23(2,3)11-8-12-24(18,4)17(15)14-31-20(22(27)30-7)16(21(26)29-6)13-19(25)28-5/h16-18,20H,1,8-14H2,2-7H3/t16-,17+,18+,20+,24-/m1/s1. The summed E-state index contributed by atoms with van der Waals surface area (Å²) in [6.07, 6.45) is 3.83. The molecule has 0 radical (unpaired) electrons. The van der Waals surface area contributed by atoms with Crippen molar-refractivity contribution >= 4 is 17.9 Å². The van der Waals surface area contributed by atoms with Gasteiger partial charge in [0.05, 0.1) is 34.4 Å². The number of fused-ring (bicyclic) bond motifs is 1. The van der Waals surface area contributed by atoms with Crippen molar-refractivity contribution in [1.29, 1.82) is 0 Å². The van der Waals surface area contributed by atoms with Crippen LogP contribution in [0.25, 0.3) is 0 Å². The maximum absolute atomic E-state index is 12.5. The van der Waals surface area contributed by atoms with E-state index in [0.29, 0.717) is 5.92 Å². The van der Waals surface area contributed by atoms with Gasteiger partial charge in [-0.3, -0.25) is 9.59 Å². The molecule has 5 atom stereocenters. The van der Waals surface area contributed by atoms with Crippen molar-refractivity contribution in [1.82, 2.24) is 0 Å². The Kier molecular flexibility index (Phi) is 8.31. The van der Waals surface area contributed by atoms with Crippen LogP contribution in [-0.2, 0) is 33.3 Å². The number of hydrogen-bond acceptors (Lipinski definition) is 7. The van der Waals surface area contributed by atoms with E-state index in [4.69, 9.17) is 18.9 Å². The Morgan fingerprint density at radius 2 is 1.68 bits per heavy atom. The molecular weight excluding hydrogens is 400 g/mol. The SMILES string of the molecule is C=C1CC[C@H]2C(C)(C)CCC[C@]2(C)[C@H]1CO[C@H](C(=O)OC)[C@@H](CC(=O)OC)C(=O)OC. The number of carbonyl (C=O) groups excluding carboxylic acids is 3. The number of methoxy groups -OCH3 is 3. The molecule has 0 aromatic rings. The lowest BCUT2D eigenvalue weighted by molar-refractivity contribution is -0.174. The Morgan fingerprint density at radius 3 is 2.26 bits per heavy atom. The molecular formula is C24H38O7. The van der Waals surface area contributed by atoms with Crippen molar-refractivity contribution in [2.45, 2.75) is 65.4 Å². The van der Waals surface area contributed by atoms with Crippen LogP contribution in [0.3, 0.4) is 0 Å².